The highest BCUT2D eigenvalue weighted by Crippen LogP contribution is 2.30. The molecule has 0 amide bonds. The maximum Gasteiger partial charge on any atom is 0.229 e. The number of benzene rings is 2. The van der Waals surface area contributed by atoms with Crippen molar-refractivity contribution in [1.29, 1.82) is 0 Å². The zero-order valence-corrected chi connectivity index (χ0v) is 9.55. The summed E-state index contributed by atoms with van der Waals surface area (Å²) in [5.74, 6) is 0.661. The van der Waals surface area contributed by atoms with Crippen LogP contribution in [-0.4, -0.2) is 9.97 Å². The van der Waals surface area contributed by atoms with Crippen LogP contribution >= 0.6 is 0 Å². The van der Waals surface area contributed by atoms with Gasteiger partial charge in [0, 0.05) is 17.1 Å². The van der Waals surface area contributed by atoms with E-state index in [2.05, 4.69) is 16.0 Å². The first-order valence-corrected chi connectivity index (χ1v) is 5.84. The largest absolute Gasteiger partial charge is 0.436 e. The van der Waals surface area contributed by atoms with E-state index in [1.54, 1.807) is 0 Å². The molecule has 3 heteroatoms. The van der Waals surface area contributed by atoms with Gasteiger partial charge in [0.2, 0.25) is 5.89 Å². The third-order valence-corrected chi connectivity index (χ3v) is 3.11. The van der Waals surface area contributed by atoms with Gasteiger partial charge < -0.3 is 9.40 Å². The van der Waals surface area contributed by atoms with Crippen LogP contribution in [0.1, 0.15) is 0 Å². The Labute approximate surface area is 103 Å². The molecule has 18 heavy (non-hydrogen) atoms. The average molecular weight is 234 g/mol. The molecule has 2 aromatic carbocycles. The number of nitrogens with zero attached hydrogens (tertiary/aromatic N) is 1. The number of nitrogens with one attached hydrogen (secondary N) is 1. The highest BCUT2D eigenvalue weighted by atomic mass is 16.3. The third kappa shape index (κ3) is 1.27. The highest BCUT2D eigenvalue weighted by molar-refractivity contribution is 5.94. The van der Waals surface area contributed by atoms with Gasteiger partial charge in [-0.1, -0.05) is 30.3 Å². The molecule has 0 aliphatic carbocycles. The molecule has 0 aliphatic rings. The number of hydrogen-bond donors (Lipinski definition) is 1. The van der Waals surface area contributed by atoms with Crippen LogP contribution in [0, 0.1) is 0 Å². The van der Waals surface area contributed by atoms with Gasteiger partial charge in [0.15, 0.2) is 5.58 Å². The Balaban J connectivity index is 2.01. The van der Waals surface area contributed by atoms with Crippen molar-refractivity contribution in [1.82, 2.24) is 9.97 Å². The topological polar surface area (TPSA) is 41.8 Å². The summed E-state index contributed by atoms with van der Waals surface area (Å²) in [6, 6.07) is 15.9. The van der Waals surface area contributed by atoms with E-state index in [0.717, 1.165) is 27.6 Å². The summed E-state index contributed by atoms with van der Waals surface area (Å²) in [7, 11) is 0. The molecular weight excluding hydrogens is 224 g/mol. The number of hydrogen-bond acceptors (Lipinski definition) is 2. The van der Waals surface area contributed by atoms with Crippen LogP contribution < -0.4 is 0 Å². The van der Waals surface area contributed by atoms with E-state index in [4.69, 9.17) is 4.42 Å². The fourth-order valence-corrected chi connectivity index (χ4v) is 2.24. The Morgan fingerprint density at radius 1 is 0.944 bits per heavy atom. The number of aromatic amines is 1. The molecule has 2 aromatic heterocycles. The minimum Gasteiger partial charge on any atom is -0.436 e. The average Bonchev–Trinajstić information content (AvgIpc) is 3.02. The van der Waals surface area contributed by atoms with Crippen LogP contribution in [0.15, 0.2) is 59.1 Å². The van der Waals surface area contributed by atoms with Crippen molar-refractivity contribution in [2.45, 2.75) is 0 Å². The van der Waals surface area contributed by atoms with E-state index < -0.39 is 0 Å². The molecule has 0 saturated heterocycles. The molecule has 3 nitrogen and oxygen atoms in total. The molecule has 2 heterocycles. The van der Waals surface area contributed by atoms with Crippen LogP contribution in [0.5, 0.6) is 0 Å². The number of oxazole rings is 1. The second kappa shape index (κ2) is 3.47. The molecule has 0 spiro atoms. The number of aromatic nitrogens is 2. The van der Waals surface area contributed by atoms with Crippen LogP contribution in [0.3, 0.4) is 0 Å². The van der Waals surface area contributed by atoms with Crippen molar-refractivity contribution in [3.63, 3.8) is 0 Å². The molecule has 0 fully saturated rings. The normalized spacial score (nSPS) is 11.3. The summed E-state index contributed by atoms with van der Waals surface area (Å²) in [4.78, 5) is 7.75. The minimum absolute atomic E-state index is 0.661. The smallest absolute Gasteiger partial charge is 0.229 e. The zero-order chi connectivity index (χ0) is 11.9. The molecule has 4 aromatic rings. The lowest BCUT2D eigenvalue weighted by molar-refractivity contribution is 0.620. The van der Waals surface area contributed by atoms with Crippen LogP contribution in [0.4, 0.5) is 0 Å². The molecule has 0 aliphatic heterocycles. The van der Waals surface area contributed by atoms with Gasteiger partial charge in [-0.3, -0.25) is 0 Å². The van der Waals surface area contributed by atoms with Crippen molar-refractivity contribution >= 4 is 22.0 Å². The Kier molecular flexibility index (Phi) is 1.83. The lowest BCUT2D eigenvalue weighted by atomic mass is 10.2. The van der Waals surface area contributed by atoms with Crippen molar-refractivity contribution in [2.24, 2.45) is 0 Å². The second-order valence-corrected chi connectivity index (χ2v) is 4.23. The van der Waals surface area contributed by atoms with Crippen LogP contribution in [0.25, 0.3) is 33.5 Å². The van der Waals surface area contributed by atoms with Crippen molar-refractivity contribution in [2.75, 3.05) is 0 Å². The number of fused-ring (bicyclic) bond motifs is 2. The Hall–Kier alpha value is -2.55. The Morgan fingerprint density at radius 2 is 1.78 bits per heavy atom. The maximum absolute atomic E-state index is 5.79. The van der Waals surface area contributed by atoms with E-state index in [1.165, 1.54) is 0 Å². The maximum atomic E-state index is 5.79. The molecule has 0 unspecified atom stereocenters. The Morgan fingerprint density at radius 3 is 2.72 bits per heavy atom. The van der Waals surface area contributed by atoms with Gasteiger partial charge >= 0.3 is 0 Å². The lowest BCUT2D eigenvalue weighted by Gasteiger charge is -1.91. The number of para-hydroxylation sites is 3. The number of rotatable bonds is 1. The molecular formula is C15H10N2O. The lowest BCUT2D eigenvalue weighted by Crippen LogP contribution is -1.73. The Bertz CT molecular complexity index is 809. The van der Waals surface area contributed by atoms with Gasteiger partial charge in [0.1, 0.15) is 5.52 Å². The quantitative estimate of drug-likeness (QED) is 0.541. The van der Waals surface area contributed by atoms with Gasteiger partial charge in [-0.15, -0.1) is 0 Å². The first-order chi connectivity index (χ1) is 8.92. The van der Waals surface area contributed by atoms with Crippen LogP contribution in [-0.2, 0) is 0 Å². The van der Waals surface area contributed by atoms with Gasteiger partial charge in [0.25, 0.3) is 0 Å². The standard InChI is InChI=1S/C15H10N2O/c1-2-6-12-10(5-1)11(9-16-12)15-17-13-7-3-4-8-14(13)18-15/h1-9,16H. The monoisotopic (exact) mass is 234 g/mol. The first kappa shape index (κ1) is 9.48. The van der Waals surface area contributed by atoms with E-state index in [9.17, 15) is 0 Å². The van der Waals surface area contributed by atoms with E-state index in [1.807, 2.05) is 48.7 Å². The van der Waals surface area contributed by atoms with Gasteiger partial charge in [-0.05, 0) is 18.2 Å². The molecule has 1 N–H and O–H groups in total. The van der Waals surface area contributed by atoms with Gasteiger partial charge in [-0.2, -0.15) is 0 Å². The molecule has 4 rings (SSSR count). The number of H-pyrrole nitrogens is 1. The van der Waals surface area contributed by atoms with E-state index in [0.29, 0.717) is 5.89 Å². The highest BCUT2D eigenvalue weighted by Gasteiger charge is 2.11. The molecule has 86 valence electrons. The fourth-order valence-electron chi connectivity index (χ4n) is 2.24. The third-order valence-electron chi connectivity index (χ3n) is 3.11. The van der Waals surface area contributed by atoms with Crippen molar-refractivity contribution < 1.29 is 4.42 Å². The summed E-state index contributed by atoms with van der Waals surface area (Å²) in [5, 5.41) is 1.13. The van der Waals surface area contributed by atoms with Crippen molar-refractivity contribution in [3.05, 3.63) is 54.7 Å². The fraction of sp³-hybridized carbons (Fsp3) is 0. The molecule has 0 saturated carbocycles. The van der Waals surface area contributed by atoms with E-state index >= 15 is 0 Å². The summed E-state index contributed by atoms with van der Waals surface area (Å²) >= 11 is 0. The molecule has 0 radical (unpaired) electrons. The summed E-state index contributed by atoms with van der Waals surface area (Å²) in [5.41, 5.74) is 3.80. The van der Waals surface area contributed by atoms with E-state index in [-0.39, 0.29) is 0 Å². The summed E-state index contributed by atoms with van der Waals surface area (Å²) < 4.78 is 5.79. The molecule has 0 atom stereocenters. The van der Waals surface area contributed by atoms with Gasteiger partial charge in [0.05, 0.1) is 5.56 Å². The predicted molar refractivity (Wildman–Crippen MR) is 71.3 cm³/mol. The summed E-state index contributed by atoms with van der Waals surface area (Å²) in [6.07, 6.45) is 1.94. The van der Waals surface area contributed by atoms with Gasteiger partial charge in [-0.25, -0.2) is 4.98 Å². The zero-order valence-electron chi connectivity index (χ0n) is 9.55. The second-order valence-electron chi connectivity index (χ2n) is 4.23. The minimum atomic E-state index is 0.661. The van der Waals surface area contributed by atoms with Crippen LogP contribution in [0.2, 0.25) is 0 Å². The first-order valence-electron chi connectivity index (χ1n) is 5.84. The van der Waals surface area contributed by atoms with Crippen molar-refractivity contribution in [3.8, 4) is 11.5 Å². The molecule has 0 bridgehead atoms. The summed E-state index contributed by atoms with van der Waals surface area (Å²) in [6.45, 7) is 0. The predicted octanol–water partition coefficient (Wildman–Crippen LogP) is 3.98. The SMILES string of the molecule is c1ccc2oc(-c3c[nH]c4ccccc34)nc2c1.